The lowest BCUT2D eigenvalue weighted by atomic mass is 11.4. The summed E-state index contributed by atoms with van der Waals surface area (Å²) >= 11 is 0. The Morgan fingerprint density at radius 2 is 1.50 bits per heavy atom. The van der Waals surface area contributed by atoms with Gasteiger partial charge in [0, 0.05) is 0 Å². The van der Waals surface area contributed by atoms with Crippen molar-refractivity contribution in [2.24, 2.45) is 0 Å². The maximum Gasteiger partial charge on any atom is 0.350 e. The third-order valence-electron chi connectivity index (χ3n) is 0.488. The number of nitrogens with one attached hydrogen (secondary N) is 1. The van der Waals surface area contributed by atoms with Gasteiger partial charge in [-0.15, -0.1) is 0 Å². The molecule has 0 unspecified atom stereocenters. The molecule has 0 aliphatic carbocycles. The average molecular weight is 181 g/mol. The quantitative estimate of drug-likeness (QED) is 0.504. The molecule has 0 aromatic rings. The summed E-state index contributed by atoms with van der Waals surface area (Å²) in [6.07, 6.45) is 0. The van der Waals surface area contributed by atoms with E-state index in [1.165, 1.54) is 0 Å². The van der Waals surface area contributed by atoms with Crippen LogP contribution in [0.25, 0.3) is 0 Å². The second-order valence-electron chi connectivity index (χ2n) is 1.22. The van der Waals surface area contributed by atoms with Crippen LogP contribution in [0, 0.1) is 0 Å². The lowest BCUT2D eigenvalue weighted by molar-refractivity contribution is 0.130. The predicted octanol–water partition coefficient (Wildman–Crippen LogP) is 0.351. The lowest BCUT2D eigenvalue weighted by Crippen LogP contribution is -2.33. The molecular formula is C2H3F4NO2S. The molecular weight excluding hydrogens is 178 g/mol. The van der Waals surface area contributed by atoms with E-state index in [2.05, 4.69) is 0 Å². The van der Waals surface area contributed by atoms with Gasteiger partial charge in [0.1, 0.15) is 0 Å². The van der Waals surface area contributed by atoms with E-state index in [1.54, 1.807) is 0 Å². The highest BCUT2D eigenvalue weighted by molar-refractivity contribution is 7.89. The molecule has 0 aliphatic rings. The molecule has 0 radical (unpaired) electrons. The van der Waals surface area contributed by atoms with Gasteiger partial charge in [-0.25, -0.2) is 8.42 Å². The van der Waals surface area contributed by atoms with Crippen molar-refractivity contribution >= 4 is 10.0 Å². The van der Waals surface area contributed by atoms with Crippen LogP contribution in [0.1, 0.15) is 0 Å². The molecule has 0 atom stereocenters. The summed E-state index contributed by atoms with van der Waals surface area (Å²) in [5.74, 6) is -3.82. The molecule has 0 bridgehead atoms. The molecule has 0 saturated carbocycles. The number of hydrogen-bond acceptors (Lipinski definition) is 2. The Kier molecular flexibility index (Phi) is 3.03. The summed E-state index contributed by atoms with van der Waals surface area (Å²) in [5.41, 5.74) is 0. The van der Waals surface area contributed by atoms with Crippen LogP contribution < -0.4 is 4.72 Å². The third-order valence-corrected chi connectivity index (χ3v) is 1.46. The minimum absolute atomic E-state index is 0.407. The summed E-state index contributed by atoms with van der Waals surface area (Å²) in [6.45, 7) is -3.49. The molecule has 0 spiro atoms. The normalized spacial score (nSPS) is 13.0. The van der Waals surface area contributed by atoms with Gasteiger partial charge in [0.25, 0.3) is 10.0 Å². The van der Waals surface area contributed by atoms with Crippen molar-refractivity contribution in [3.05, 3.63) is 0 Å². The van der Waals surface area contributed by atoms with Crippen molar-refractivity contribution < 1.29 is 26.0 Å². The Morgan fingerprint density at radius 3 is 1.60 bits per heavy atom. The monoisotopic (exact) mass is 181 g/mol. The van der Waals surface area contributed by atoms with Crippen LogP contribution in [0.3, 0.4) is 0 Å². The minimum Gasteiger partial charge on any atom is -0.206 e. The molecule has 62 valence electrons. The molecule has 0 saturated heterocycles. The smallest absolute Gasteiger partial charge is 0.206 e. The van der Waals surface area contributed by atoms with Crippen LogP contribution in [0.2, 0.25) is 0 Å². The molecule has 0 aliphatic heterocycles. The highest BCUT2D eigenvalue weighted by Crippen LogP contribution is 2.03. The van der Waals surface area contributed by atoms with Gasteiger partial charge in [0.2, 0.25) is 0 Å². The van der Waals surface area contributed by atoms with Crippen molar-refractivity contribution in [2.45, 2.75) is 12.3 Å². The van der Waals surface area contributed by atoms with E-state index < -0.39 is 22.3 Å². The maximum absolute atomic E-state index is 11.2. The third kappa shape index (κ3) is 2.97. The van der Waals surface area contributed by atoms with Crippen LogP contribution in [-0.4, -0.2) is 20.7 Å². The summed E-state index contributed by atoms with van der Waals surface area (Å²) in [4.78, 5) is 0. The van der Waals surface area contributed by atoms with Gasteiger partial charge < -0.3 is 0 Å². The molecule has 0 rings (SSSR count). The van der Waals surface area contributed by atoms with E-state index >= 15 is 0 Å². The van der Waals surface area contributed by atoms with Crippen molar-refractivity contribution in [1.82, 2.24) is 4.72 Å². The van der Waals surface area contributed by atoms with Crippen LogP contribution >= 0.6 is 0 Å². The van der Waals surface area contributed by atoms with E-state index in [0.29, 0.717) is 4.72 Å². The van der Waals surface area contributed by atoms with Gasteiger partial charge in [-0.1, -0.05) is 0 Å². The van der Waals surface area contributed by atoms with Gasteiger partial charge in [-0.05, 0) is 0 Å². The Balaban J connectivity index is 4.16. The fourth-order valence-corrected chi connectivity index (χ4v) is 0.527. The highest BCUT2D eigenvalue weighted by atomic mass is 32.2. The van der Waals surface area contributed by atoms with Gasteiger partial charge in [-0.3, -0.25) is 0 Å². The lowest BCUT2D eigenvalue weighted by Gasteiger charge is -2.01. The Bertz CT molecular complexity index is 187. The van der Waals surface area contributed by atoms with Crippen LogP contribution in [0.5, 0.6) is 0 Å². The Labute approximate surface area is 54.1 Å². The molecule has 0 aromatic heterocycles. The maximum atomic E-state index is 11.2. The zero-order chi connectivity index (χ0) is 8.36. The number of hydrogen-bond donors (Lipinski definition) is 1. The topological polar surface area (TPSA) is 46.2 Å². The fraction of sp³-hybridized carbons (Fsp3) is 1.00. The summed E-state index contributed by atoms with van der Waals surface area (Å²) < 4.78 is 64.5. The molecule has 0 amide bonds. The number of rotatable bonds is 3. The standard InChI is InChI=1S/C2H3F4NO2S/c3-1(4)7-10(8,9)2(5)6/h1-2,7H. The van der Waals surface area contributed by atoms with E-state index in [-0.39, 0.29) is 0 Å². The van der Waals surface area contributed by atoms with E-state index in [9.17, 15) is 26.0 Å². The molecule has 1 N–H and O–H groups in total. The zero-order valence-corrected chi connectivity index (χ0v) is 5.21. The average Bonchev–Trinajstić information content (AvgIpc) is 1.60. The van der Waals surface area contributed by atoms with Gasteiger partial charge in [0.15, 0.2) is 0 Å². The van der Waals surface area contributed by atoms with Crippen molar-refractivity contribution in [1.29, 1.82) is 0 Å². The van der Waals surface area contributed by atoms with Crippen LogP contribution in [0.15, 0.2) is 0 Å². The second kappa shape index (κ2) is 3.15. The second-order valence-corrected chi connectivity index (χ2v) is 2.91. The van der Waals surface area contributed by atoms with Crippen molar-refractivity contribution in [3.63, 3.8) is 0 Å². The first-order valence-corrected chi connectivity index (χ1v) is 3.48. The van der Waals surface area contributed by atoms with E-state index in [4.69, 9.17) is 0 Å². The molecule has 3 nitrogen and oxygen atoms in total. The number of alkyl halides is 4. The summed E-state index contributed by atoms with van der Waals surface area (Å²) in [7, 11) is -5.13. The summed E-state index contributed by atoms with van der Waals surface area (Å²) in [6, 6.07) is 0. The molecule has 10 heavy (non-hydrogen) atoms. The minimum atomic E-state index is -5.13. The Hall–Kier alpha value is -0.370. The number of halogens is 4. The largest absolute Gasteiger partial charge is 0.350 e. The molecule has 0 heterocycles. The first-order chi connectivity index (χ1) is 4.36. The Morgan fingerprint density at radius 1 is 1.10 bits per heavy atom. The van der Waals surface area contributed by atoms with Crippen LogP contribution in [0.4, 0.5) is 17.6 Å². The molecule has 0 fully saturated rings. The molecule has 0 aromatic carbocycles. The fourth-order valence-electron chi connectivity index (χ4n) is 0.176. The van der Waals surface area contributed by atoms with Crippen molar-refractivity contribution in [3.8, 4) is 0 Å². The SMILES string of the molecule is O=S(=O)(NC(F)F)C(F)F. The van der Waals surface area contributed by atoms with Gasteiger partial charge in [-0.2, -0.15) is 22.3 Å². The summed E-state index contributed by atoms with van der Waals surface area (Å²) in [5, 5.41) is 0. The first kappa shape index (κ1) is 9.63. The van der Waals surface area contributed by atoms with Crippen molar-refractivity contribution in [2.75, 3.05) is 0 Å². The van der Waals surface area contributed by atoms with Gasteiger partial charge in [0.05, 0.1) is 0 Å². The predicted molar refractivity (Wildman–Crippen MR) is 24.1 cm³/mol. The molecule has 8 heteroatoms. The zero-order valence-electron chi connectivity index (χ0n) is 4.39. The van der Waals surface area contributed by atoms with Gasteiger partial charge >= 0.3 is 12.3 Å². The van der Waals surface area contributed by atoms with E-state index in [1.807, 2.05) is 0 Å². The van der Waals surface area contributed by atoms with Crippen LogP contribution in [-0.2, 0) is 10.0 Å². The first-order valence-electron chi connectivity index (χ1n) is 1.93. The van der Waals surface area contributed by atoms with E-state index in [0.717, 1.165) is 0 Å². The highest BCUT2D eigenvalue weighted by Gasteiger charge is 2.26. The number of sulfonamides is 1.